The fourth-order valence-electron chi connectivity index (χ4n) is 6.89. The van der Waals surface area contributed by atoms with E-state index in [2.05, 4.69) is 181 Å². The van der Waals surface area contributed by atoms with Crippen molar-refractivity contribution in [1.29, 1.82) is 0 Å². The van der Waals surface area contributed by atoms with Crippen molar-refractivity contribution in [3.63, 3.8) is 0 Å². The Balaban J connectivity index is 1.12. The molecule has 0 bridgehead atoms. The summed E-state index contributed by atoms with van der Waals surface area (Å²) in [6.45, 7) is 8.33. The standard InChI is InChI=1S/C43H40N4O/c1-43(2,3)32-24-25-37(31-14-6-5-7-15-31)42(26-32)47-30-46(40-22-10-11-23-41(40)47)34-17-13-19-36(28-34)48-35-18-12-16-33(27-35)45-29-44(4)38-20-8-9-21-39(38)45/h5-28H,29-30H2,1-4H3. The summed E-state index contributed by atoms with van der Waals surface area (Å²) in [4.78, 5) is 9.43. The van der Waals surface area contributed by atoms with Crippen LogP contribution in [0.4, 0.5) is 39.8 Å². The molecule has 0 fully saturated rings. The molecule has 8 rings (SSSR count). The first-order chi connectivity index (χ1) is 23.3. The van der Waals surface area contributed by atoms with Crippen LogP contribution in [0, 0.1) is 0 Å². The zero-order chi connectivity index (χ0) is 32.8. The van der Waals surface area contributed by atoms with Crippen LogP contribution in [-0.2, 0) is 5.41 Å². The Hall–Kier alpha value is -5.68. The van der Waals surface area contributed by atoms with Crippen LogP contribution in [-0.4, -0.2) is 20.4 Å². The van der Waals surface area contributed by atoms with Crippen LogP contribution in [0.15, 0.2) is 146 Å². The number of ether oxygens (including phenoxy) is 1. The lowest BCUT2D eigenvalue weighted by Crippen LogP contribution is -2.25. The number of anilines is 7. The average Bonchev–Trinajstić information content (AvgIpc) is 3.66. The molecule has 0 saturated heterocycles. The number of hydrogen-bond donors (Lipinski definition) is 0. The molecule has 0 aromatic heterocycles. The molecule has 0 atom stereocenters. The number of fused-ring (bicyclic) bond motifs is 2. The van der Waals surface area contributed by atoms with E-state index < -0.39 is 0 Å². The highest BCUT2D eigenvalue weighted by atomic mass is 16.5. The summed E-state index contributed by atoms with van der Waals surface area (Å²) in [7, 11) is 2.13. The Morgan fingerprint density at radius 3 is 1.65 bits per heavy atom. The van der Waals surface area contributed by atoms with Crippen molar-refractivity contribution in [2.45, 2.75) is 26.2 Å². The third-order valence-corrected chi connectivity index (χ3v) is 9.42. The van der Waals surface area contributed by atoms with Crippen molar-refractivity contribution in [3.05, 3.63) is 151 Å². The van der Waals surface area contributed by atoms with Crippen molar-refractivity contribution in [3.8, 4) is 22.6 Å². The van der Waals surface area contributed by atoms with E-state index in [9.17, 15) is 0 Å². The minimum Gasteiger partial charge on any atom is -0.457 e. The number of hydrogen-bond acceptors (Lipinski definition) is 5. The average molecular weight is 629 g/mol. The number of rotatable bonds is 6. The van der Waals surface area contributed by atoms with E-state index in [1.165, 1.54) is 45.1 Å². The van der Waals surface area contributed by atoms with E-state index in [1.54, 1.807) is 0 Å². The van der Waals surface area contributed by atoms with E-state index in [-0.39, 0.29) is 5.41 Å². The van der Waals surface area contributed by atoms with E-state index in [4.69, 9.17) is 4.74 Å². The third-order valence-electron chi connectivity index (χ3n) is 9.42. The molecule has 48 heavy (non-hydrogen) atoms. The fourth-order valence-corrected chi connectivity index (χ4v) is 6.89. The zero-order valence-corrected chi connectivity index (χ0v) is 28.0. The molecule has 6 aromatic carbocycles. The summed E-state index contributed by atoms with van der Waals surface area (Å²) in [6, 6.07) is 51.7. The molecule has 2 heterocycles. The topological polar surface area (TPSA) is 22.2 Å². The molecule has 0 radical (unpaired) electrons. The molecule has 0 amide bonds. The van der Waals surface area contributed by atoms with Gasteiger partial charge in [-0.15, -0.1) is 0 Å². The molecule has 0 spiro atoms. The lowest BCUT2D eigenvalue weighted by Gasteiger charge is -2.27. The highest BCUT2D eigenvalue weighted by Crippen LogP contribution is 2.48. The Morgan fingerprint density at radius 1 is 0.479 bits per heavy atom. The molecule has 0 aliphatic carbocycles. The van der Waals surface area contributed by atoms with Gasteiger partial charge in [0.15, 0.2) is 0 Å². The van der Waals surface area contributed by atoms with Gasteiger partial charge >= 0.3 is 0 Å². The Bertz CT molecular complexity index is 2100. The van der Waals surface area contributed by atoms with Crippen LogP contribution in [0.1, 0.15) is 26.3 Å². The summed E-state index contributed by atoms with van der Waals surface area (Å²) < 4.78 is 6.54. The Labute approximate surface area is 283 Å². The van der Waals surface area contributed by atoms with Gasteiger partial charge in [0.05, 0.1) is 35.1 Å². The van der Waals surface area contributed by atoms with Gasteiger partial charge in [0.2, 0.25) is 0 Å². The van der Waals surface area contributed by atoms with Gasteiger partial charge in [-0.3, -0.25) is 0 Å². The molecule has 5 heteroatoms. The van der Waals surface area contributed by atoms with Crippen LogP contribution < -0.4 is 24.3 Å². The molecule has 0 unspecified atom stereocenters. The van der Waals surface area contributed by atoms with Gasteiger partial charge in [0, 0.05) is 36.1 Å². The predicted octanol–water partition coefficient (Wildman–Crippen LogP) is 11.2. The molecule has 2 aliphatic rings. The zero-order valence-electron chi connectivity index (χ0n) is 28.0. The minimum absolute atomic E-state index is 0.0277. The van der Waals surface area contributed by atoms with Gasteiger partial charge in [-0.25, -0.2) is 0 Å². The molecular weight excluding hydrogens is 589 g/mol. The van der Waals surface area contributed by atoms with Crippen molar-refractivity contribution >= 4 is 39.8 Å². The number of benzene rings is 6. The maximum Gasteiger partial charge on any atom is 0.129 e. The second-order valence-electron chi connectivity index (χ2n) is 13.7. The highest BCUT2D eigenvalue weighted by molar-refractivity contribution is 5.92. The van der Waals surface area contributed by atoms with Crippen molar-refractivity contribution in [2.75, 3.05) is 40.0 Å². The first-order valence-electron chi connectivity index (χ1n) is 16.6. The highest BCUT2D eigenvalue weighted by Gasteiger charge is 2.31. The number of nitrogens with zero attached hydrogens (tertiary/aromatic N) is 4. The van der Waals surface area contributed by atoms with E-state index in [0.29, 0.717) is 6.67 Å². The first kappa shape index (κ1) is 29.7. The molecule has 5 nitrogen and oxygen atoms in total. The van der Waals surface area contributed by atoms with Crippen molar-refractivity contribution < 1.29 is 4.74 Å². The fraction of sp³-hybridized carbons (Fsp3) is 0.163. The minimum atomic E-state index is 0.0277. The quantitative estimate of drug-likeness (QED) is 0.183. The lowest BCUT2D eigenvalue weighted by atomic mass is 9.85. The van der Waals surface area contributed by atoms with Crippen LogP contribution >= 0.6 is 0 Å². The maximum atomic E-state index is 6.54. The Morgan fingerprint density at radius 2 is 1.02 bits per heavy atom. The van der Waals surface area contributed by atoms with Gasteiger partial charge in [-0.1, -0.05) is 99.6 Å². The first-order valence-corrected chi connectivity index (χ1v) is 16.6. The van der Waals surface area contributed by atoms with E-state index in [1.807, 2.05) is 12.1 Å². The summed E-state index contributed by atoms with van der Waals surface area (Å²) >= 11 is 0. The van der Waals surface area contributed by atoms with Crippen LogP contribution in [0.3, 0.4) is 0 Å². The SMILES string of the molecule is CN1CN(c2cccc(Oc3cccc(N4CN(c5cc(C(C)(C)C)ccc5-c5ccccc5)c5ccccc54)c3)c2)c2ccccc21. The molecule has 2 aliphatic heterocycles. The van der Waals surface area contributed by atoms with Gasteiger partial charge in [0.25, 0.3) is 0 Å². The molecule has 0 saturated carbocycles. The van der Waals surface area contributed by atoms with Crippen molar-refractivity contribution in [1.82, 2.24) is 0 Å². The van der Waals surface area contributed by atoms with Crippen LogP contribution in [0.5, 0.6) is 11.5 Å². The van der Waals surface area contributed by atoms with Crippen molar-refractivity contribution in [2.24, 2.45) is 0 Å². The third kappa shape index (κ3) is 5.41. The summed E-state index contributed by atoms with van der Waals surface area (Å²) in [5.74, 6) is 1.62. The second kappa shape index (κ2) is 11.8. The van der Waals surface area contributed by atoms with Gasteiger partial charge < -0.3 is 24.3 Å². The molecule has 0 N–H and O–H groups in total. The predicted molar refractivity (Wildman–Crippen MR) is 201 cm³/mol. The summed E-state index contributed by atoms with van der Waals surface area (Å²) in [5, 5.41) is 0. The number of para-hydroxylation sites is 4. The Kier molecular flexibility index (Phi) is 7.33. The smallest absolute Gasteiger partial charge is 0.129 e. The van der Waals surface area contributed by atoms with E-state index in [0.717, 1.165) is 29.5 Å². The largest absolute Gasteiger partial charge is 0.457 e. The van der Waals surface area contributed by atoms with E-state index >= 15 is 0 Å². The van der Waals surface area contributed by atoms with Crippen LogP contribution in [0.25, 0.3) is 11.1 Å². The normalized spacial score (nSPS) is 13.9. The molecule has 238 valence electrons. The van der Waals surface area contributed by atoms with Gasteiger partial charge in [-0.05, 0) is 71.1 Å². The second-order valence-corrected chi connectivity index (χ2v) is 13.7. The van der Waals surface area contributed by atoms with Gasteiger partial charge in [-0.2, -0.15) is 0 Å². The lowest BCUT2D eigenvalue weighted by molar-refractivity contribution is 0.483. The molecular formula is C43H40N4O. The molecule has 6 aromatic rings. The monoisotopic (exact) mass is 628 g/mol. The maximum absolute atomic E-state index is 6.54. The summed E-state index contributed by atoms with van der Waals surface area (Å²) in [6.07, 6.45) is 0. The van der Waals surface area contributed by atoms with Crippen LogP contribution in [0.2, 0.25) is 0 Å². The van der Waals surface area contributed by atoms with Gasteiger partial charge in [0.1, 0.15) is 18.2 Å². The summed E-state index contributed by atoms with van der Waals surface area (Å²) in [5.41, 5.74) is 12.0.